The molecule has 0 spiro atoms. The molecule has 1 heterocycles. The molecule has 0 unspecified atom stereocenters. The van der Waals surface area contributed by atoms with Gasteiger partial charge >= 0.3 is 0 Å². The number of nitrogens with zero attached hydrogens (tertiary/aromatic N) is 2. The van der Waals surface area contributed by atoms with Crippen molar-refractivity contribution in [3.63, 3.8) is 0 Å². The average Bonchev–Trinajstić information content (AvgIpc) is 2.90. The third-order valence-electron chi connectivity index (χ3n) is 6.42. The Bertz CT molecular complexity index is 1240. The number of ether oxygens (including phenoxy) is 2. The molecule has 37 heavy (non-hydrogen) atoms. The van der Waals surface area contributed by atoms with Crippen molar-refractivity contribution in [3.8, 4) is 5.75 Å². The van der Waals surface area contributed by atoms with Crippen LogP contribution < -0.4 is 4.74 Å². The zero-order valence-corrected chi connectivity index (χ0v) is 21.7. The lowest BCUT2D eigenvalue weighted by Crippen LogP contribution is -2.58. The summed E-state index contributed by atoms with van der Waals surface area (Å²) < 4.78 is 25.7. The Morgan fingerprint density at radius 3 is 2.54 bits per heavy atom. The van der Waals surface area contributed by atoms with Gasteiger partial charge in [-0.05, 0) is 60.5 Å². The number of halogens is 2. The van der Waals surface area contributed by atoms with Gasteiger partial charge < -0.3 is 19.3 Å². The predicted molar refractivity (Wildman–Crippen MR) is 140 cm³/mol. The highest BCUT2D eigenvalue weighted by atomic mass is 35.5. The van der Waals surface area contributed by atoms with Gasteiger partial charge in [0.2, 0.25) is 5.91 Å². The van der Waals surface area contributed by atoms with Crippen molar-refractivity contribution in [1.82, 2.24) is 9.80 Å². The van der Waals surface area contributed by atoms with Gasteiger partial charge in [-0.25, -0.2) is 4.39 Å². The van der Waals surface area contributed by atoms with Crippen LogP contribution in [0, 0.1) is 12.7 Å². The van der Waals surface area contributed by atoms with Gasteiger partial charge in [-0.3, -0.25) is 9.59 Å². The minimum atomic E-state index is -1.07. The molecule has 3 aromatic carbocycles. The normalized spacial score (nSPS) is 17.4. The number of carbonyl (C=O) groups excluding carboxylic acids is 2. The van der Waals surface area contributed by atoms with Crippen LogP contribution in [0.4, 0.5) is 4.39 Å². The number of benzene rings is 3. The van der Waals surface area contributed by atoms with Crippen LogP contribution in [0.15, 0.2) is 72.8 Å². The highest BCUT2D eigenvalue weighted by Gasteiger charge is 2.42. The Hall–Kier alpha value is -3.42. The maximum absolute atomic E-state index is 13.4. The standard InChI is InChI=1S/C29H30ClFN2O4/c1-21-16-25(12-13-26(21)30)36-20-29(17-27(34)32(2)18-22-6-4-3-5-7-22)19-33(14-15-37-29)28(35)23-8-10-24(31)11-9-23/h3-13,16H,14-15,17-20H2,1-2H3/t29-/m1/s1. The molecule has 1 saturated heterocycles. The molecule has 1 aliphatic rings. The van der Waals surface area contributed by atoms with Crippen molar-refractivity contribution in [1.29, 1.82) is 0 Å². The van der Waals surface area contributed by atoms with Crippen molar-refractivity contribution in [2.24, 2.45) is 0 Å². The third-order valence-corrected chi connectivity index (χ3v) is 6.84. The van der Waals surface area contributed by atoms with E-state index in [-0.39, 0.29) is 38.0 Å². The van der Waals surface area contributed by atoms with E-state index < -0.39 is 11.4 Å². The Balaban J connectivity index is 1.54. The SMILES string of the molecule is Cc1cc(OC[C@@]2(CC(=O)N(C)Cc3ccccc3)CN(C(=O)c3ccc(F)cc3)CCO2)ccc1Cl. The maximum Gasteiger partial charge on any atom is 0.254 e. The van der Waals surface area contributed by atoms with Gasteiger partial charge in [0.15, 0.2) is 0 Å². The van der Waals surface area contributed by atoms with E-state index in [4.69, 9.17) is 21.1 Å². The van der Waals surface area contributed by atoms with Gasteiger partial charge in [-0.2, -0.15) is 0 Å². The molecule has 0 radical (unpaired) electrons. The van der Waals surface area contributed by atoms with Gasteiger partial charge in [0.25, 0.3) is 5.91 Å². The van der Waals surface area contributed by atoms with Crippen molar-refractivity contribution >= 4 is 23.4 Å². The van der Waals surface area contributed by atoms with Crippen LogP contribution in [-0.4, -0.2) is 60.6 Å². The quantitative estimate of drug-likeness (QED) is 0.410. The first-order chi connectivity index (χ1) is 17.7. The summed E-state index contributed by atoms with van der Waals surface area (Å²) in [6.07, 6.45) is 0.0239. The second kappa shape index (κ2) is 11.8. The fraction of sp³-hybridized carbons (Fsp3) is 0.310. The van der Waals surface area contributed by atoms with E-state index in [9.17, 15) is 14.0 Å². The van der Waals surface area contributed by atoms with Crippen LogP contribution in [0.1, 0.15) is 27.9 Å². The zero-order chi connectivity index (χ0) is 26.4. The number of aryl methyl sites for hydroxylation is 1. The van der Waals surface area contributed by atoms with E-state index in [0.717, 1.165) is 11.1 Å². The Morgan fingerprint density at radius 1 is 1.11 bits per heavy atom. The van der Waals surface area contributed by atoms with Crippen molar-refractivity contribution in [2.45, 2.75) is 25.5 Å². The molecule has 8 heteroatoms. The largest absolute Gasteiger partial charge is 0.490 e. The van der Waals surface area contributed by atoms with E-state index in [1.165, 1.54) is 24.3 Å². The molecule has 0 aromatic heterocycles. The molecular formula is C29H30ClFN2O4. The lowest BCUT2D eigenvalue weighted by molar-refractivity contribution is -0.152. The molecule has 1 atom stereocenters. The summed E-state index contributed by atoms with van der Waals surface area (Å²) in [6, 6.07) is 20.5. The van der Waals surface area contributed by atoms with Crippen molar-refractivity contribution in [2.75, 3.05) is 33.4 Å². The molecule has 3 aromatic rings. The monoisotopic (exact) mass is 524 g/mol. The van der Waals surface area contributed by atoms with E-state index in [1.807, 2.05) is 43.3 Å². The van der Waals surface area contributed by atoms with Gasteiger partial charge in [0, 0.05) is 30.7 Å². The minimum Gasteiger partial charge on any atom is -0.490 e. The van der Waals surface area contributed by atoms with Crippen LogP contribution in [0.25, 0.3) is 0 Å². The van der Waals surface area contributed by atoms with Gasteiger partial charge in [-0.1, -0.05) is 41.9 Å². The molecule has 4 rings (SSSR count). The summed E-state index contributed by atoms with van der Waals surface area (Å²) in [5.41, 5.74) is 1.19. The number of morpholine rings is 1. The molecular weight excluding hydrogens is 495 g/mol. The smallest absolute Gasteiger partial charge is 0.254 e. The highest BCUT2D eigenvalue weighted by Crippen LogP contribution is 2.28. The number of hydrogen-bond donors (Lipinski definition) is 0. The molecule has 194 valence electrons. The average molecular weight is 525 g/mol. The van der Waals surface area contributed by atoms with E-state index in [0.29, 0.717) is 29.4 Å². The van der Waals surface area contributed by atoms with Crippen molar-refractivity contribution in [3.05, 3.63) is 100 Å². The molecule has 0 saturated carbocycles. The predicted octanol–water partition coefficient (Wildman–Crippen LogP) is 5.13. The molecule has 0 bridgehead atoms. The number of carbonyl (C=O) groups is 2. The van der Waals surface area contributed by atoms with Crippen LogP contribution in [0.2, 0.25) is 5.02 Å². The summed E-state index contributed by atoms with van der Waals surface area (Å²) in [5.74, 6) is -0.195. The number of amides is 2. The fourth-order valence-corrected chi connectivity index (χ4v) is 4.43. The second-order valence-electron chi connectivity index (χ2n) is 9.38. The maximum atomic E-state index is 13.4. The molecule has 1 aliphatic heterocycles. The van der Waals surface area contributed by atoms with Crippen LogP contribution in [0.5, 0.6) is 5.75 Å². The lowest BCUT2D eigenvalue weighted by atomic mass is 9.96. The van der Waals surface area contributed by atoms with Gasteiger partial charge in [0.05, 0.1) is 19.6 Å². The zero-order valence-electron chi connectivity index (χ0n) is 21.0. The fourth-order valence-electron chi connectivity index (χ4n) is 4.32. The summed E-state index contributed by atoms with van der Waals surface area (Å²) in [7, 11) is 1.75. The summed E-state index contributed by atoms with van der Waals surface area (Å²) in [4.78, 5) is 29.8. The second-order valence-corrected chi connectivity index (χ2v) is 9.78. The Labute approximate surface area is 221 Å². The van der Waals surface area contributed by atoms with E-state index >= 15 is 0 Å². The lowest BCUT2D eigenvalue weighted by Gasteiger charge is -2.42. The number of rotatable bonds is 8. The molecule has 0 N–H and O–H groups in total. The first-order valence-electron chi connectivity index (χ1n) is 12.1. The summed E-state index contributed by atoms with van der Waals surface area (Å²) in [6.45, 7) is 3.14. The van der Waals surface area contributed by atoms with E-state index in [1.54, 1.807) is 29.0 Å². The molecule has 0 aliphatic carbocycles. The van der Waals surface area contributed by atoms with Gasteiger partial charge in [0.1, 0.15) is 23.8 Å². The first-order valence-corrected chi connectivity index (χ1v) is 12.5. The Kier molecular flexibility index (Phi) is 8.46. The molecule has 6 nitrogen and oxygen atoms in total. The summed E-state index contributed by atoms with van der Waals surface area (Å²) >= 11 is 6.15. The van der Waals surface area contributed by atoms with Crippen LogP contribution >= 0.6 is 11.6 Å². The first kappa shape index (κ1) is 26.6. The van der Waals surface area contributed by atoms with Crippen molar-refractivity contribution < 1.29 is 23.5 Å². The minimum absolute atomic E-state index is 0.0239. The molecule has 1 fully saturated rings. The van der Waals surface area contributed by atoms with Crippen LogP contribution in [0.3, 0.4) is 0 Å². The highest BCUT2D eigenvalue weighted by molar-refractivity contribution is 6.31. The third kappa shape index (κ3) is 6.87. The number of hydrogen-bond acceptors (Lipinski definition) is 4. The summed E-state index contributed by atoms with van der Waals surface area (Å²) in [5, 5.41) is 0.629. The van der Waals surface area contributed by atoms with Crippen LogP contribution in [-0.2, 0) is 16.1 Å². The Morgan fingerprint density at radius 2 is 1.84 bits per heavy atom. The van der Waals surface area contributed by atoms with E-state index in [2.05, 4.69) is 0 Å². The molecule has 2 amide bonds. The van der Waals surface area contributed by atoms with Gasteiger partial charge in [-0.15, -0.1) is 0 Å². The topological polar surface area (TPSA) is 59.1 Å².